The van der Waals surface area contributed by atoms with Crippen molar-refractivity contribution in [2.24, 2.45) is 0 Å². The number of aryl methyl sites for hydroxylation is 2. The number of hydrogen-bond donors (Lipinski definition) is 1. The Bertz CT molecular complexity index is 263. The summed E-state index contributed by atoms with van der Waals surface area (Å²) in [5, 5.41) is 6.78. The van der Waals surface area contributed by atoms with Crippen LogP contribution in [0.4, 0.5) is 5.69 Å². The summed E-state index contributed by atoms with van der Waals surface area (Å²) < 4.78 is 4.91. The largest absolute Gasteiger partial charge is 0.370 e. The van der Waals surface area contributed by atoms with Crippen molar-refractivity contribution >= 4 is 5.69 Å². The van der Waals surface area contributed by atoms with E-state index in [9.17, 15) is 0 Å². The lowest BCUT2D eigenvalue weighted by Gasteiger charge is -1.98. The summed E-state index contributed by atoms with van der Waals surface area (Å²) in [6, 6.07) is 0. The molecule has 0 aliphatic rings. The van der Waals surface area contributed by atoms with Gasteiger partial charge in [-0.25, -0.2) is 0 Å². The van der Waals surface area contributed by atoms with Crippen LogP contribution in [0.1, 0.15) is 11.5 Å². The van der Waals surface area contributed by atoms with Crippen molar-refractivity contribution in [1.82, 2.24) is 5.16 Å². The summed E-state index contributed by atoms with van der Waals surface area (Å²) in [6.45, 7) is 4.22. The van der Waals surface area contributed by atoms with Crippen molar-refractivity contribution in [3.05, 3.63) is 11.5 Å². The van der Waals surface area contributed by atoms with E-state index >= 15 is 0 Å². The second kappa shape index (κ2) is 3.11. The summed E-state index contributed by atoms with van der Waals surface area (Å²) in [6.07, 6.45) is 5.08. The minimum atomic E-state index is 0.503. The molecule has 0 unspecified atom stereocenters. The Balaban J connectivity index is 2.77. The lowest BCUT2D eigenvalue weighted by Crippen LogP contribution is -1.99. The van der Waals surface area contributed by atoms with E-state index < -0.39 is 0 Å². The van der Waals surface area contributed by atoms with E-state index in [1.807, 2.05) is 13.8 Å². The zero-order valence-corrected chi connectivity index (χ0v) is 6.64. The molecule has 0 amide bonds. The maximum Gasteiger partial charge on any atom is 0.157 e. The van der Waals surface area contributed by atoms with E-state index in [4.69, 9.17) is 10.9 Å². The molecular weight excluding hydrogens is 140 g/mol. The molecule has 0 aliphatic carbocycles. The first-order valence-corrected chi connectivity index (χ1v) is 3.36. The number of rotatable bonds is 2. The molecule has 1 N–H and O–H groups in total. The van der Waals surface area contributed by atoms with Crippen LogP contribution in [0.2, 0.25) is 0 Å². The molecule has 0 atom stereocenters. The minimum Gasteiger partial charge on any atom is -0.370 e. The van der Waals surface area contributed by atoms with Crippen molar-refractivity contribution in [3.63, 3.8) is 0 Å². The number of aromatic nitrogens is 1. The lowest BCUT2D eigenvalue weighted by atomic mass is 10.3. The SMILES string of the molecule is C#CCNc1c(C)noc1C. The second-order valence-corrected chi connectivity index (χ2v) is 2.26. The van der Waals surface area contributed by atoms with Gasteiger partial charge in [0.1, 0.15) is 11.4 Å². The molecule has 0 spiro atoms. The molecule has 0 aromatic carbocycles. The number of hydrogen-bond acceptors (Lipinski definition) is 3. The van der Waals surface area contributed by atoms with E-state index in [-0.39, 0.29) is 0 Å². The van der Waals surface area contributed by atoms with Gasteiger partial charge in [0.25, 0.3) is 0 Å². The molecule has 11 heavy (non-hydrogen) atoms. The molecule has 3 nitrogen and oxygen atoms in total. The van der Waals surface area contributed by atoms with E-state index in [1.54, 1.807) is 0 Å². The molecule has 0 fully saturated rings. The van der Waals surface area contributed by atoms with Gasteiger partial charge >= 0.3 is 0 Å². The molecule has 0 saturated heterocycles. The van der Waals surface area contributed by atoms with Gasteiger partial charge in [0.05, 0.1) is 6.54 Å². The van der Waals surface area contributed by atoms with Crippen molar-refractivity contribution in [2.45, 2.75) is 13.8 Å². The quantitative estimate of drug-likeness (QED) is 0.646. The van der Waals surface area contributed by atoms with Crippen molar-refractivity contribution in [2.75, 3.05) is 11.9 Å². The van der Waals surface area contributed by atoms with Crippen LogP contribution in [0.15, 0.2) is 4.52 Å². The Labute approximate surface area is 65.8 Å². The highest BCUT2D eigenvalue weighted by Crippen LogP contribution is 2.17. The maximum absolute atomic E-state index is 5.08. The van der Waals surface area contributed by atoms with Gasteiger partial charge in [0.2, 0.25) is 0 Å². The van der Waals surface area contributed by atoms with Crippen molar-refractivity contribution in [1.29, 1.82) is 0 Å². The van der Waals surface area contributed by atoms with Crippen LogP contribution in [0.25, 0.3) is 0 Å². The highest BCUT2D eigenvalue weighted by atomic mass is 16.5. The van der Waals surface area contributed by atoms with E-state index in [1.165, 1.54) is 0 Å². The fourth-order valence-corrected chi connectivity index (χ4v) is 0.875. The third-order valence-corrected chi connectivity index (χ3v) is 1.40. The first-order chi connectivity index (χ1) is 5.25. The maximum atomic E-state index is 5.08. The summed E-state index contributed by atoms with van der Waals surface area (Å²) in [4.78, 5) is 0. The topological polar surface area (TPSA) is 38.1 Å². The molecular formula is C8H10N2O. The summed E-state index contributed by atoms with van der Waals surface area (Å²) in [5.41, 5.74) is 1.75. The zero-order chi connectivity index (χ0) is 8.27. The van der Waals surface area contributed by atoms with Gasteiger partial charge in [0.15, 0.2) is 5.76 Å². The molecule has 3 heteroatoms. The second-order valence-electron chi connectivity index (χ2n) is 2.26. The molecule has 0 saturated carbocycles. The fraction of sp³-hybridized carbons (Fsp3) is 0.375. The van der Waals surface area contributed by atoms with Crippen molar-refractivity contribution < 1.29 is 4.52 Å². The smallest absolute Gasteiger partial charge is 0.157 e. The minimum absolute atomic E-state index is 0.503. The molecule has 1 aromatic heterocycles. The van der Waals surface area contributed by atoms with Crippen LogP contribution < -0.4 is 5.32 Å². The number of anilines is 1. The van der Waals surface area contributed by atoms with Crippen LogP contribution in [0, 0.1) is 26.2 Å². The average Bonchev–Trinajstić information content (AvgIpc) is 2.29. The Morgan fingerprint density at radius 1 is 1.64 bits per heavy atom. The lowest BCUT2D eigenvalue weighted by molar-refractivity contribution is 0.393. The molecule has 1 aromatic rings. The molecule has 0 radical (unpaired) electrons. The predicted molar refractivity (Wildman–Crippen MR) is 43.3 cm³/mol. The van der Waals surface area contributed by atoms with Crippen LogP contribution in [0.3, 0.4) is 0 Å². The van der Waals surface area contributed by atoms with Gasteiger partial charge in [-0.2, -0.15) is 0 Å². The third kappa shape index (κ3) is 1.53. The average molecular weight is 150 g/mol. The highest BCUT2D eigenvalue weighted by Gasteiger charge is 2.05. The Kier molecular flexibility index (Phi) is 2.17. The Morgan fingerprint density at radius 2 is 2.36 bits per heavy atom. The standard InChI is InChI=1S/C8H10N2O/c1-4-5-9-8-6(2)10-11-7(8)3/h1,9H,5H2,2-3H3. The molecule has 58 valence electrons. The molecule has 0 bridgehead atoms. The van der Waals surface area contributed by atoms with Crippen molar-refractivity contribution in [3.8, 4) is 12.3 Å². The van der Waals surface area contributed by atoms with E-state index in [0.717, 1.165) is 17.1 Å². The van der Waals surface area contributed by atoms with Gasteiger partial charge in [-0.1, -0.05) is 11.1 Å². The summed E-state index contributed by atoms with van der Waals surface area (Å²) in [7, 11) is 0. The number of nitrogens with zero attached hydrogens (tertiary/aromatic N) is 1. The van der Waals surface area contributed by atoms with Crippen LogP contribution in [0.5, 0.6) is 0 Å². The molecule has 1 rings (SSSR count). The number of nitrogens with one attached hydrogen (secondary N) is 1. The monoisotopic (exact) mass is 150 g/mol. The van der Waals surface area contributed by atoms with Crippen LogP contribution >= 0.6 is 0 Å². The van der Waals surface area contributed by atoms with Gasteiger partial charge in [0, 0.05) is 0 Å². The van der Waals surface area contributed by atoms with Gasteiger partial charge in [-0.15, -0.1) is 6.42 Å². The van der Waals surface area contributed by atoms with Crippen LogP contribution in [-0.2, 0) is 0 Å². The summed E-state index contributed by atoms with van der Waals surface area (Å²) in [5.74, 6) is 3.26. The molecule has 0 aliphatic heterocycles. The Morgan fingerprint density at radius 3 is 2.82 bits per heavy atom. The van der Waals surface area contributed by atoms with Gasteiger partial charge in [-0.3, -0.25) is 0 Å². The van der Waals surface area contributed by atoms with Gasteiger partial charge < -0.3 is 9.84 Å². The normalized spacial score (nSPS) is 9.18. The van der Waals surface area contributed by atoms with E-state index in [0.29, 0.717) is 6.54 Å². The van der Waals surface area contributed by atoms with Crippen LogP contribution in [-0.4, -0.2) is 11.7 Å². The first kappa shape index (κ1) is 7.67. The number of terminal acetylenes is 1. The fourth-order valence-electron chi connectivity index (χ4n) is 0.875. The van der Waals surface area contributed by atoms with Gasteiger partial charge in [-0.05, 0) is 13.8 Å². The molecule has 1 heterocycles. The third-order valence-electron chi connectivity index (χ3n) is 1.40. The highest BCUT2D eigenvalue weighted by molar-refractivity contribution is 5.50. The predicted octanol–water partition coefficient (Wildman–Crippen LogP) is 1.34. The zero-order valence-electron chi connectivity index (χ0n) is 6.64. The van der Waals surface area contributed by atoms with E-state index in [2.05, 4.69) is 16.4 Å². The summed E-state index contributed by atoms with van der Waals surface area (Å²) >= 11 is 0. The first-order valence-electron chi connectivity index (χ1n) is 3.36. The Hall–Kier alpha value is -1.43.